The summed E-state index contributed by atoms with van der Waals surface area (Å²) in [6, 6.07) is 6.32. The van der Waals surface area contributed by atoms with E-state index in [0.717, 1.165) is 9.87 Å². The van der Waals surface area contributed by atoms with E-state index >= 15 is 0 Å². The molecule has 7 nitrogen and oxygen atoms in total. The number of likely N-dealkylation sites (N-methyl/N-ethyl adjacent to an activating group) is 1. The van der Waals surface area contributed by atoms with Crippen molar-refractivity contribution in [1.29, 1.82) is 0 Å². The predicted molar refractivity (Wildman–Crippen MR) is 91.2 cm³/mol. The van der Waals surface area contributed by atoms with Gasteiger partial charge in [0.15, 0.2) is 0 Å². The highest BCUT2D eigenvalue weighted by Gasteiger charge is 2.22. The Morgan fingerprint density at radius 3 is 2.33 bits per heavy atom. The van der Waals surface area contributed by atoms with Gasteiger partial charge in [-0.15, -0.1) is 0 Å². The molecule has 130 valence electrons. The Labute approximate surface area is 142 Å². The van der Waals surface area contributed by atoms with E-state index in [-0.39, 0.29) is 4.90 Å². The second kappa shape index (κ2) is 8.99. The van der Waals surface area contributed by atoms with Gasteiger partial charge in [-0.25, -0.2) is 8.42 Å². The number of hydrogen-bond donors (Lipinski definition) is 2. The highest BCUT2D eigenvalue weighted by molar-refractivity contribution is 7.89. The van der Waals surface area contributed by atoms with E-state index in [9.17, 15) is 18.0 Å². The number of carbonyl (C=O) groups is 2. The van der Waals surface area contributed by atoms with E-state index in [1.807, 2.05) is 6.92 Å². The Morgan fingerprint density at radius 1 is 1.12 bits per heavy atom. The van der Waals surface area contributed by atoms with Crippen LogP contribution in [0.15, 0.2) is 53.5 Å². The Hall–Kier alpha value is -2.45. The molecule has 0 aromatic heterocycles. The third-order valence-electron chi connectivity index (χ3n) is 2.97. The van der Waals surface area contributed by atoms with Crippen LogP contribution < -0.4 is 10.9 Å². The molecule has 2 amide bonds. The van der Waals surface area contributed by atoms with E-state index in [1.54, 1.807) is 31.2 Å². The van der Waals surface area contributed by atoms with Gasteiger partial charge in [-0.3, -0.25) is 20.4 Å². The van der Waals surface area contributed by atoms with Crippen molar-refractivity contribution in [3.63, 3.8) is 0 Å². The van der Waals surface area contributed by atoms with Crippen LogP contribution in [0.2, 0.25) is 0 Å². The second-order valence-electron chi connectivity index (χ2n) is 5.00. The Balaban J connectivity index is 2.60. The summed E-state index contributed by atoms with van der Waals surface area (Å²) in [5.41, 5.74) is 5.25. The normalized spacial score (nSPS) is 12.0. The third-order valence-corrected chi connectivity index (χ3v) is 4.79. The highest BCUT2D eigenvalue weighted by Crippen LogP contribution is 2.14. The number of carbonyl (C=O) groups excluding carboxylic acids is 2. The first-order valence-corrected chi connectivity index (χ1v) is 8.62. The molecule has 0 atom stereocenters. The lowest BCUT2D eigenvalue weighted by molar-refractivity contribution is -0.126. The minimum absolute atomic E-state index is 0.0988. The van der Waals surface area contributed by atoms with Crippen LogP contribution in [-0.2, 0) is 19.6 Å². The van der Waals surface area contributed by atoms with Gasteiger partial charge < -0.3 is 0 Å². The summed E-state index contributed by atoms with van der Waals surface area (Å²) in [5, 5.41) is 0. The molecular formula is C16H21N3O4S. The summed E-state index contributed by atoms with van der Waals surface area (Å²) in [6.07, 6.45) is 6.14. The van der Waals surface area contributed by atoms with Crippen molar-refractivity contribution >= 4 is 21.8 Å². The fourth-order valence-corrected chi connectivity index (χ4v) is 2.77. The van der Waals surface area contributed by atoms with Gasteiger partial charge in [-0.05, 0) is 26.0 Å². The topological polar surface area (TPSA) is 95.6 Å². The monoisotopic (exact) mass is 351 g/mol. The molecule has 0 saturated carbocycles. The van der Waals surface area contributed by atoms with E-state index in [2.05, 4.69) is 10.9 Å². The van der Waals surface area contributed by atoms with E-state index < -0.39 is 28.4 Å². The molecule has 0 saturated heterocycles. The van der Waals surface area contributed by atoms with Crippen molar-refractivity contribution in [1.82, 2.24) is 15.2 Å². The Bertz CT molecular complexity index is 737. The molecule has 0 heterocycles. The molecule has 0 unspecified atom stereocenters. The van der Waals surface area contributed by atoms with E-state index in [4.69, 9.17) is 0 Å². The molecule has 0 aliphatic heterocycles. The Morgan fingerprint density at radius 2 is 1.75 bits per heavy atom. The van der Waals surface area contributed by atoms with Crippen LogP contribution in [0.25, 0.3) is 0 Å². The van der Waals surface area contributed by atoms with Crippen LogP contribution in [0.1, 0.15) is 12.5 Å². The molecule has 1 rings (SSSR count). The van der Waals surface area contributed by atoms with Crippen molar-refractivity contribution in [2.24, 2.45) is 0 Å². The number of nitrogens with one attached hydrogen (secondary N) is 2. The molecule has 1 aromatic carbocycles. The fraction of sp³-hybridized carbons (Fsp3) is 0.250. The maximum absolute atomic E-state index is 12.3. The smallest absolute Gasteiger partial charge is 0.262 e. The first kappa shape index (κ1) is 19.6. The van der Waals surface area contributed by atoms with Crippen LogP contribution in [-0.4, -0.2) is 38.1 Å². The molecule has 0 fully saturated rings. The molecule has 0 spiro atoms. The standard InChI is InChI=1S/C16H21N3O4S/c1-4-5-6-7-15(20)17-18-16(21)12-19(3)24(22,23)14-10-8-13(2)9-11-14/h4-11H,12H2,1-3H3,(H,17,20)(H,18,21)/b5-4+,7-6+. The van der Waals surface area contributed by atoms with E-state index in [0.29, 0.717) is 0 Å². The average Bonchev–Trinajstić information content (AvgIpc) is 2.53. The predicted octanol–water partition coefficient (Wildman–Crippen LogP) is 0.895. The lowest BCUT2D eigenvalue weighted by atomic mass is 10.2. The van der Waals surface area contributed by atoms with Gasteiger partial charge >= 0.3 is 0 Å². The summed E-state index contributed by atoms with van der Waals surface area (Å²) in [4.78, 5) is 23.2. The van der Waals surface area contributed by atoms with Crippen LogP contribution in [0, 0.1) is 6.92 Å². The van der Waals surface area contributed by atoms with Gasteiger partial charge in [0.25, 0.3) is 11.8 Å². The minimum Gasteiger partial charge on any atom is -0.272 e. The first-order chi connectivity index (χ1) is 11.3. The number of allylic oxidation sites excluding steroid dienone is 3. The quantitative estimate of drug-likeness (QED) is 0.452. The maximum Gasteiger partial charge on any atom is 0.262 e. The van der Waals surface area contributed by atoms with Crippen molar-refractivity contribution < 1.29 is 18.0 Å². The SMILES string of the molecule is C/C=C/C=C/C(=O)NNC(=O)CN(C)S(=O)(=O)c1ccc(C)cc1. The lowest BCUT2D eigenvalue weighted by Gasteiger charge is -2.17. The second-order valence-corrected chi connectivity index (χ2v) is 7.04. The van der Waals surface area contributed by atoms with Gasteiger partial charge in [-0.2, -0.15) is 4.31 Å². The lowest BCUT2D eigenvalue weighted by Crippen LogP contribution is -2.46. The van der Waals surface area contributed by atoms with Crippen LogP contribution >= 0.6 is 0 Å². The zero-order chi connectivity index (χ0) is 18.2. The molecular weight excluding hydrogens is 330 g/mol. The number of sulfonamides is 1. The number of benzene rings is 1. The van der Waals surface area contributed by atoms with Crippen molar-refractivity contribution in [2.45, 2.75) is 18.7 Å². The van der Waals surface area contributed by atoms with Crippen molar-refractivity contribution in [3.8, 4) is 0 Å². The average molecular weight is 351 g/mol. The van der Waals surface area contributed by atoms with Crippen LogP contribution in [0.5, 0.6) is 0 Å². The molecule has 24 heavy (non-hydrogen) atoms. The van der Waals surface area contributed by atoms with Gasteiger partial charge in [-0.1, -0.05) is 35.9 Å². The minimum atomic E-state index is -3.77. The van der Waals surface area contributed by atoms with Gasteiger partial charge in [0.1, 0.15) is 0 Å². The molecule has 1 aromatic rings. The number of hydrazine groups is 1. The van der Waals surface area contributed by atoms with E-state index in [1.165, 1.54) is 31.3 Å². The fourth-order valence-electron chi connectivity index (χ4n) is 1.64. The Kier molecular flexibility index (Phi) is 7.34. The number of rotatable bonds is 6. The van der Waals surface area contributed by atoms with Crippen LogP contribution in [0.4, 0.5) is 0 Å². The number of nitrogens with zero attached hydrogens (tertiary/aromatic N) is 1. The zero-order valence-electron chi connectivity index (χ0n) is 13.8. The number of amides is 2. The summed E-state index contributed by atoms with van der Waals surface area (Å²) in [5.74, 6) is -1.17. The van der Waals surface area contributed by atoms with Crippen molar-refractivity contribution in [2.75, 3.05) is 13.6 Å². The molecule has 0 aliphatic carbocycles. The van der Waals surface area contributed by atoms with Crippen molar-refractivity contribution in [3.05, 3.63) is 54.1 Å². The summed E-state index contributed by atoms with van der Waals surface area (Å²) >= 11 is 0. The van der Waals surface area contributed by atoms with Gasteiger partial charge in [0, 0.05) is 13.1 Å². The number of hydrogen-bond acceptors (Lipinski definition) is 4. The van der Waals surface area contributed by atoms with Gasteiger partial charge in [0.05, 0.1) is 11.4 Å². The molecule has 2 N–H and O–H groups in total. The largest absolute Gasteiger partial charge is 0.272 e. The third kappa shape index (κ3) is 5.98. The molecule has 0 aliphatic rings. The summed E-state index contributed by atoms with van der Waals surface area (Å²) < 4.78 is 25.6. The summed E-state index contributed by atoms with van der Waals surface area (Å²) in [6.45, 7) is 3.23. The molecule has 8 heteroatoms. The summed E-state index contributed by atoms with van der Waals surface area (Å²) in [7, 11) is -2.48. The molecule has 0 bridgehead atoms. The highest BCUT2D eigenvalue weighted by atomic mass is 32.2. The maximum atomic E-state index is 12.3. The zero-order valence-corrected chi connectivity index (χ0v) is 14.6. The van der Waals surface area contributed by atoms with Crippen LogP contribution in [0.3, 0.4) is 0 Å². The van der Waals surface area contributed by atoms with Gasteiger partial charge in [0.2, 0.25) is 10.0 Å². The number of aryl methyl sites for hydroxylation is 1. The first-order valence-electron chi connectivity index (χ1n) is 7.18. The molecule has 0 radical (unpaired) electrons.